The predicted molar refractivity (Wildman–Crippen MR) is 53.0 cm³/mol. The Morgan fingerprint density at radius 2 is 2.46 bits per heavy atom. The first-order chi connectivity index (χ1) is 6.18. The Morgan fingerprint density at radius 3 is 3.15 bits per heavy atom. The van der Waals surface area contributed by atoms with Gasteiger partial charge in [-0.25, -0.2) is 0 Å². The van der Waals surface area contributed by atoms with Crippen LogP contribution in [-0.4, -0.2) is 6.04 Å². The topological polar surface area (TPSA) is 39.2 Å². The van der Waals surface area contributed by atoms with Crippen molar-refractivity contribution in [1.29, 1.82) is 0 Å². The number of aryl methyl sites for hydroxylation is 1. The van der Waals surface area contributed by atoms with Crippen LogP contribution in [-0.2, 0) is 6.42 Å². The van der Waals surface area contributed by atoms with Crippen molar-refractivity contribution in [1.82, 2.24) is 0 Å². The Labute approximate surface area is 83.1 Å². The van der Waals surface area contributed by atoms with Crippen molar-refractivity contribution in [3.05, 3.63) is 22.6 Å². The molecule has 0 spiro atoms. The van der Waals surface area contributed by atoms with E-state index >= 15 is 0 Å². The van der Waals surface area contributed by atoms with Crippen LogP contribution >= 0.6 is 11.6 Å². The smallest absolute Gasteiger partial charge is 0.193 e. The molecule has 2 rings (SSSR count). The normalized spacial score (nSPS) is 24.1. The summed E-state index contributed by atoms with van der Waals surface area (Å²) in [6, 6.07) is 2.11. The summed E-state index contributed by atoms with van der Waals surface area (Å²) in [5.41, 5.74) is 7.13. The zero-order valence-corrected chi connectivity index (χ0v) is 8.47. The van der Waals surface area contributed by atoms with Crippen LogP contribution in [0.1, 0.15) is 37.0 Å². The second-order valence-electron chi connectivity index (χ2n) is 3.79. The molecule has 0 aromatic carbocycles. The van der Waals surface area contributed by atoms with Crippen LogP contribution in [0.4, 0.5) is 0 Å². The summed E-state index contributed by atoms with van der Waals surface area (Å²) in [6.07, 6.45) is 3.31. The van der Waals surface area contributed by atoms with Gasteiger partial charge in [-0.2, -0.15) is 0 Å². The first-order valence-electron chi connectivity index (χ1n) is 4.72. The first-order valence-corrected chi connectivity index (χ1v) is 5.10. The second kappa shape index (κ2) is 3.35. The maximum Gasteiger partial charge on any atom is 0.193 e. The van der Waals surface area contributed by atoms with Crippen LogP contribution in [0.5, 0.6) is 0 Å². The van der Waals surface area contributed by atoms with E-state index in [1.54, 1.807) is 0 Å². The third-order valence-electron chi connectivity index (χ3n) is 2.76. The average Bonchev–Trinajstić information content (AvgIpc) is 2.43. The van der Waals surface area contributed by atoms with Crippen LogP contribution in [0.3, 0.4) is 0 Å². The van der Waals surface area contributed by atoms with Crippen molar-refractivity contribution in [3.8, 4) is 0 Å². The Balaban J connectivity index is 2.36. The first kappa shape index (κ1) is 9.10. The minimum atomic E-state index is 0.188. The molecule has 1 aliphatic carbocycles. The highest BCUT2D eigenvalue weighted by atomic mass is 35.5. The molecule has 3 heteroatoms. The zero-order chi connectivity index (χ0) is 9.42. The van der Waals surface area contributed by atoms with Crippen molar-refractivity contribution in [3.63, 3.8) is 0 Å². The molecule has 1 aromatic heterocycles. The quantitative estimate of drug-likeness (QED) is 0.756. The van der Waals surface area contributed by atoms with Crippen LogP contribution in [0.2, 0.25) is 5.22 Å². The van der Waals surface area contributed by atoms with E-state index in [1.165, 1.54) is 5.56 Å². The van der Waals surface area contributed by atoms with Gasteiger partial charge >= 0.3 is 0 Å². The standard InChI is InChI=1S/C10H14ClNO/c1-6(12)7-3-2-4-9-8(7)5-10(11)13-9/h5-7H,2-4,12H2,1H3. The zero-order valence-electron chi connectivity index (χ0n) is 7.72. The average molecular weight is 200 g/mol. The molecule has 0 bridgehead atoms. The van der Waals surface area contributed by atoms with Crippen molar-refractivity contribution >= 4 is 11.6 Å². The molecule has 2 atom stereocenters. The fourth-order valence-electron chi connectivity index (χ4n) is 2.10. The molecule has 1 aliphatic rings. The lowest BCUT2D eigenvalue weighted by Gasteiger charge is -2.24. The number of halogens is 1. The fraction of sp³-hybridized carbons (Fsp3) is 0.600. The lowest BCUT2D eigenvalue weighted by atomic mass is 9.83. The molecule has 0 amide bonds. The molecule has 2 nitrogen and oxygen atoms in total. The number of hydrogen-bond donors (Lipinski definition) is 1. The van der Waals surface area contributed by atoms with Gasteiger partial charge in [-0.05, 0) is 43.0 Å². The van der Waals surface area contributed by atoms with Gasteiger partial charge in [0.2, 0.25) is 0 Å². The predicted octanol–water partition coefficient (Wildman–Crippen LogP) is 2.70. The van der Waals surface area contributed by atoms with E-state index < -0.39 is 0 Å². The number of nitrogens with two attached hydrogens (primary N) is 1. The molecule has 0 saturated heterocycles. The van der Waals surface area contributed by atoms with Gasteiger partial charge in [0.05, 0.1) is 0 Å². The third-order valence-corrected chi connectivity index (χ3v) is 2.95. The van der Waals surface area contributed by atoms with E-state index in [2.05, 4.69) is 0 Å². The SMILES string of the molecule is CC(N)C1CCCc2oc(Cl)cc21. The van der Waals surface area contributed by atoms with Crippen LogP contribution < -0.4 is 5.73 Å². The molecule has 2 unspecified atom stereocenters. The Bertz CT molecular complexity index is 306. The second-order valence-corrected chi connectivity index (χ2v) is 4.16. The van der Waals surface area contributed by atoms with Crippen molar-refractivity contribution in [2.24, 2.45) is 5.73 Å². The summed E-state index contributed by atoms with van der Waals surface area (Å²) in [5, 5.41) is 0.498. The van der Waals surface area contributed by atoms with Gasteiger partial charge in [-0.15, -0.1) is 0 Å². The Hall–Kier alpha value is -0.470. The molecule has 0 fully saturated rings. The molecule has 1 aromatic rings. The van der Waals surface area contributed by atoms with E-state index in [-0.39, 0.29) is 6.04 Å². The van der Waals surface area contributed by atoms with Gasteiger partial charge in [0, 0.05) is 18.4 Å². The number of hydrogen-bond acceptors (Lipinski definition) is 2. The molecule has 0 aliphatic heterocycles. The number of rotatable bonds is 1. The molecule has 0 saturated carbocycles. The maximum absolute atomic E-state index is 5.91. The highest BCUT2D eigenvalue weighted by Gasteiger charge is 2.26. The van der Waals surface area contributed by atoms with Crippen LogP contribution in [0, 0.1) is 0 Å². The monoisotopic (exact) mass is 199 g/mol. The third kappa shape index (κ3) is 1.61. The molecule has 2 N–H and O–H groups in total. The van der Waals surface area contributed by atoms with Gasteiger partial charge in [-0.1, -0.05) is 0 Å². The Morgan fingerprint density at radius 1 is 1.69 bits per heavy atom. The maximum atomic E-state index is 5.91. The van der Waals surface area contributed by atoms with Crippen molar-refractivity contribution in [2.45, 2.75) is 38.1 Å². The summed E-state index contributed by atoms with van der Waals surface area (Å²) in [4.78, 5) is 0. The van der Waals surface area contributed by atoms with Crippen LogP contribution in [0.25, 0.3) is 0 Å². The molecule has 1 heterocycles. The van der Waals surface area contributed by atoms with E-state index in [4.69, 9.17) is 21.8 Å². The fourth-order valence-corrected chi connectivity index (χ4v) is 2.31. The molecule has 72 valence electrons. The lowest BCUT2D eigenvalue weighted by Crippen LogP contribution is -2.27. The summed E-state index contributed by atoms with van der Waals surface area (Å²) in [7, 11) is 0. The molecule has 0 radical (unpaired) electrons. The van der Waals surface area contributed by atoms with Crippen LogP contribution in [0.15, 0.2) is 10.5 Å². The van der Waals surface area contributed by atoms with E-state index in [9.17, 15) is 0 Å². The largest absolute Gasteiger partial charge is 0.449 e. The minimum absolute atomic E-state index is 0.188. The Kier molecular flexibility index (Phi) is 2.35. The number of fused-ring (bicyclic) bond motifs is 1. The summed E-state index contributed by atoms with van der Waals surface area (Å²) in [5.74, 6) is 1.47. The van der Waals surface area contributed by atoms with Crippen molar-refractivity contribution < 1.29 is 4.42 Å². The highest BCUT2D eigenvalue weighted by molar-refractivity contribution is 6.28. The van der Waals surface area contributed by atoms with Gasteiger partial charge in [0.1, 0.15) is 5.76 Å². The van der Waals surface area contributed by atoms with E-state index in [0.717, 1.165) is 25.0 Å². The molecule has 13 heavy (non-hydrogen) atoms. The van der Waals surface area contributed by atoms with E-state index in [0.29, 0.717) is 11.1 Å². The van der Waals surface area contributed by atoms with Gasteiger partial charge in [0.15, 0.2) is 5.22 Å². The lowest BCUT2D eigenvalue weighted by molar-refractivity contribution is 0.425. The minimum Gasteiger partial charge on any atom is -0.449 e. The summed E-state index contributed by atoms with van der Waals surface area (Å²) in [6.45, 7) is 2.04. The summed E-state index contributed by atoms with van der Waals surface area (Å²) >= 11 is 5.81. The van der Waals surface area contributed by atoms with Crippen molar-refractivity contribution in [2.75, 3.05) is 0 Å². The van der Waals surface area contributed by atoms with Gasteiger partial charge in [0.25, 0.3) is 0 Å². The number of furan rings is 1. The molecular weight excluding hydrogens is 186 g/mol. The summed E-state index contributed by atoms with van der Waals surface area (Å²) < 4.78 is 5.40. The van der Waals surface area contributed by atoms with Gasteiger partial charge < -0.3 is 10.2 Å². The van der Waals surface area contributed by atoms with Gasteiger partial charge in [-0.3, -0.25) is 0 Å². The highest BCUT2D eigenvalue weighted by Crippen LogP contribution is 2.36. The molecular formula is C10H14ClNO. The van der Waals surface area contributed by atoms with E-state index in [1.807, 2.05) is 13.0 Å².